The summed E-state index contributed by atoms with van der Waals surface area (Å²) in [7, 11) is 0. The molecule has 0 N–H and O–H groups in total. The van der Waals surface area contributed by atoms with Crippen molar-refractivity contribution in [3.8, 4) is 0 Å². The van der Waals surface area contributed by atoms with Crippen molar-refractivity contribution in [2.45, 2.75) is 40.3 Å². The highest BCUT2D eigenvalue weighted by Crippen LogP contribution is 2.25. The molecule has 0 atom stereocenters. The Morgan fingerprint density at radius 1 is 0.950 bits per heavy atom. The van der Waals surface area contributed by atoms with E-state index in [2.05, 4.69) is 19.9 Å². The second-order valence-electron chi connectivity index (χ2n) is 9.87. The number of nitrogens with zero attached hydrogens (tertiary/aromatic N) is 7. The Bertz CT molecular complexity index is 1600. The first kappa shape index (κ1) is 27.0. The van der Waals surface area contributed by atoms with Gasteiger partial charge in [0.15, 0.2) is 0 Å². The highest BCUT2D eigenvalue weighted by atomic mass is 16.2. The van der Waals surface area contributed by atoms with Gasteiger partial charge in [-0.1, -0.05) is 18.2 Å². The summed E-state index contributed by atoms with van der Waals surface area (Å²) in [5, 5.41) is 0. The summed E-state index contributed by atoms with van der Waals surface area (Å²) in [6.45, 7) is 8.12. The lowest BCUT2D eigenvalue weighted by molar-refractivity contribution is -0.116. The normalized spacial score (nSPS) is 14.5. The Morgan fingerprint density at radius 3 is 2.48 bits per heavy atom. The van der Waals surface area contributed by atoms with E-state index in [-0.39, 0.29) is 17.4 Å². The number of carbonyl (C=O) groups is 2. The second kappa shape index (κ2) is 11.6. The van der Waals surface area contributed by atoms with Gasteiger partial charge in [-0.25, -0.2) is 15.0 Å². The first-order valence-corrected chi connectivity index (χ1v) is 13.6. The number of hydrogen-bond acceptors (Lipinski definition) is 7. The van der Waals surface area contributed by atoms with Gasteiger partial charge in [-0.2, -0.15) is 0 Å². The van der Waals surface area contributed by atoms with E-state index < -0.39 is 0 Å². The van der Waals surface area contributed by atoms with Gasteiger partial charge in [-0.3, -0.25) is 14.4 Å². The largest absolute Gasteiger partial charge is 0.339 e. The average Bonchev–Trinajstić information content (AvgIpc) is 3.00. The Labute approximate surface area is 232 Å². The van der Waals surface area contributed by atoms with Crippen molar-refractivity contribution in [1.82, 2.24) is 24.4 Å². The van der Waals surface area contributed by atoms with E-state index in [1.807, 2.05) is 31.2 Å². The fraction of sp³-hybridized carbons (Fsp3) is 0.333. The summed E-state index contributed by atoms with van der Waals surface area (Å²) >= 11 is 0. The van der Waals surface area contributed by atoms with Crippen molar-refractivity contribution >= 4 is 34.5 Å². The fourth-order valence-corrected chi connectivity index (χ4v) is 5.24. The standard InChI is InChI=1S/C30H33N7O3/c1-4-36-27-12-11-23(19-25(27)33-21(2)28(36)39)29(40)35-18-17-34(30-31-13-7-14-32-30)15-8-16-37(22(3)38)26-10-6-5-9-24(26)20-35/h5-7,9-14,19H,4,8,15-18,20H2,1-3H3. The van der Waals surface area contributed by atoms with E-state index in [0.29, 0.717) is 67.5 Å². The van der Waals surface area contributed by atoms with Crippen LogP contribution in [0.25, 0.3) is 11.0 Å². The monoisotopic (exact) mass is 539 g/mol. The molecule has 10 nitrogen and oxygen atoms in total. The summed E-state index contributed by atoms with van der Waals surface area (Å²) in [4.78, 5) is 58.3. The first-order valence-electron chi connectivity index (χ1n) is 13.6. The fourth-order valence-electron chi connectivity index (χ4n) is 5.24. The lowest BCUT2D eigenvalue weighted by Crippen LogP contribution is -2.39. The summed E-state index contributed by atoms with van der Waals surface area (Å²) in [5.41, 5.74) is 3.75. The number of fused-ring (bicyclic) bond motifs is 2. The van der Waals surface area contributed by atoms with Crippen LogP contribution in [0.2, 0.25) is 0 Å². The molecule has 2 aromatic heterocycles. The number of anilines is 2. The van der Waals surface area contributed by atoms with Crippen LogP contribution < -0.4 is 15.4 Å². The van der Waals surface area contributed by atoms with Crippen LogP contribution in [0.4, 0.5) is 11.6 Å². The van der Waals surface area contributed by atoms with E-state index in [4.69, 9.17) is 0 Å². The summed E-state index contributed by atoms with van der Waals surface area (Å²) in [6, 6.07) is 14.8. The molecule has 1 aliphatic heterocycles. The van der Waals surface area contributed by atoms with Crippen molar-refractivity contribution < 1.29 is 9.59 Å². The average molecular weight is 540 g/mol. The summed E-state index contributed by atoms with van der Waals surface area (Å²) in [6.07, 6.45) is 4.12. The minimum Gasteiger partial charge on any atom is -0.339 e. The third-order valence-electron chi connectivity index (χ3n) is 7.27. The van der Waals surface area contributed by atoms with Crippen LogP contribution >= 0.6 is 0 Å². The van der Waals surface area contributed by atoms with Gasteiger partial charge in [-0.15, -0.1) is 0 Å². The lowest BCUT2D eigenvalue weighted by atomic mass is 10.1. The summed E-state index contributed by atoms with van der Waals surface area (Å²) in [5.74, 6) is 0.377. The van der Waals surface area contributed by atoms with Crippen LogP contribution in [0, 0.1) is 6.92 Å². The van der Waals surface area contributed by atoms with Gasteiger partial charge in [0.05, 0.1) is 11.0 Å². The molecule has 2 amide bonds. The molecule has 3 heterocycles. The van der Waals surface area contributed by atoms with Crippen molar-refractivity contribution in [2.24, 2.45) is 0 Å². The van der Waals surface area contributed by atoms with Gasteiger partial charge >= 0.3 is 0 Å². The second-order valence-corrected chi connectivity index (χ2v) is 9.87. The van der Waals surface area contributed by atoms with Gasteiger partial charge in [0, 0.05) is 69.8 Å². The molecule has 0 saturated heterocycles. The van der Waals surface area contributed by atoms with Crippen LogP contribution in [-0.4, -0.2) is 62.4 Å². The van der Waals surface area contributed by atoms with Crippen LogP contribution in [0.1, 0.15) is 41.9 Å². The van der Waals surface area contributed by atoms with Gasteiger partial charge in [-0.05, 0) is 56.2 Å². The van der Waals surface area contributed by atoms with Gasteiger partial charge in [0.1, 0.15) is 5.69 Å². The number of carbonyl (C=O) groups excluding carboxylic acids is 2. The molecule has 0 aliphatic carbocycles. The molecule has 0 spiro atoms. The maximum absolute atomic E-state index is 14.1. The molecule has 10 heteroatoms. The van der Waals surface area contributed by atoms with E-state index in [9.17, 15) is 14.4 Å². The zero-order valence-corrected chi connectivity index (χ0v) is 23.1. The van der Waals surface area contributed by atoms with E-state index >= 15 is 0 Å². The number of hydrogen-bond donors (Lipinski definition) is 0. The summed E-state index contributed by atoms with van der Waals surface area (Å²) < 4.78 is 1.67. The Kier molecular flexibility index (Phi) is 7.86. The number of benzene rings is 2. The maximum atomic E-state index is 14.1. The van der Waals surface area contributed by atoms with Crippen molar-refractivity contribution in [1.29, 1.82) is 0 Å². The molecular formula is C30H33N7O3. The molecule has 2 aromatic carbocycles. The number of para-hydroxylation sites is 1. The molecule has 0 bridgehead atoms. The predicted octanol–water partition coefficient (Wildman–Crippen LogP) is 3.42. The third-order valence-corrected chi connectivity index (χ3v) is 7.27. The molecule has 206 valence electrons. The van der Waals surface area contributed by atoms with E-state index in [1.54, 1.807) is 64.9 Å². The van der Waals surface area contributed by atoms with Crippen molar-refractivity contribution in [3.05, 3.63) is 88.1 Å². The zero-order chi connectivity index (χ0) is 28.2. The highest BCUT2D eigenvalue weighted by Gasteiger charge is 2.24. The molecule has 4 aromatic rings. The molecule has 1 aliphatic rings. The molecule has 40 heavy (non-hydrogen) atoms. The molecule has 0 unspecified atom stereocenters. The smallest absolute Gasteiger partial charge is 0.272 e. The Morgan fingerprint density at radius 2 is 1.73 bits per heavy atom. The quantitative estimate of drug-likeness (QED) is 0.393. The van der Waals surface area contributed by atoms with Gasteiger partial charge in [0.2, 0.25) is 11.9 Å². The Hall–Kier alpha value is -4.60. The van der Waals surface area contributed by atoms with Crippen LogP contribution in [0.5, 0.6) is 0 Å². The zero-order valence-electron chi connectivity index (χ0n) is 23.1. The van der Waals surface area contributed by atoms with E-state index in [1.165, 1.54) is 0 Å². The molecule has 5 rings (SSSR count). The minimum atomic E-state index is -0.159. The maximum Gasteiger partial charge on any atom is 0.272 e. The number of rotatable bonds is 3. The van der Waals surface area contributed by atoms with Crippen LogP contribution in [-0.2, 0) is 17.9 Å². The molecule has 0 radical (unpaired) electrons. The topological polar surface area (TPSA) is 105 Å². The number of aromatic nitrogens is 4. The van der Waals surface area contributed by atoms with Crippen LogP contribution in [0.15, 0.2) is 65.7 Å². The lowest BCUT2D eigenvalue weighted by Gasteiger charge is -2.28. The van der Waals surface area contributed by atoms with Crippen molar-refractivity contribution in [3.63, 3.8) is 0 Å². The van der Waals surface area contributed by atoms with E-state index in [0.717, 1.165) is 17.7 Å². The van der Waals surface area contributed by atoms with Gasteiger partial charge in [0.25, 0.3) is 11.5 Å². The molecular weight excluding hydrogens is 506 g/mol. The highest BCUT2D eigenvalue weighted by molar-refractivity contribution is 5.97. The first-order chi connectivity index (χ1) is 19.4. The Balaban J connectivity index is 1.55. The SMILES string of the molecule is CCn1c(=O)c(C)nc2cc(C(=O)N3CCN(c4ncccn4)CCCN(C(C)=O)c4ccccc4C3)ccc21. The minimum absolute atomic E-state index is 0.0509. The van der Waals surface area contributed by atoms with Crippen LogP contribution in [0.3, 0.4) is 0 Å². The predicted molar refractivity (Wildman–Crippen MR) is 154 cm³/mol. The molecule has 0 fully saturated rings. The third kappa shape index (κ3) is 5.42. The number of amides is 2. The van der Waals surface area contributed by atoms with Crippen molar-refractivity contribution in [2.75, 3.05) is 36.0 Å². The van der Waals surface area contributed by atoms with Gasteiger partial charge < -0.3 is 19.3 Å². The molecule has 0 saturated carbocycles. The number of aryl methyl sites for hydroxylation is 2.